The van der Waals surface area contributed by atoms with Crippen LogP contribution < -0.4 is 11.0 Å². The Labute approximate surface area is 151 Å². The number of carbonyl (C=O) groups is 1. The van der Waals surface area contributed by atoms with E-state index in [1.54, 1.807) is 30.3 Å². The maximum atomic E-state index is 14.5. The van der Waals surface area contributed by atoms with Gasteiger partial charge in [-0.15, -0.1) is 0 Å². The summed E-state index contributed by atoms with van der Waals surface area (Å²) in [6.07, 6.45) is -3.67. The standard InChI is InChI=1S/C16H15ClFN3O5/c17-16(18)12(23)10(8-22)26-14(16)21-7-6-11(20-15(21)25)19-13(24)9-4-2-1-3-5-9/h1-7,10,12,14,22-23H,8H2,(H,19,20,24,25)/t10-,12-,14-,16+/m1/s1. The number of anilines is 1. The zero-order valence-electron chi connectivity index (χ0n) is 13.3. The lowest BCUT2D eigenvalue weighted by Crippen LogP contribution is -2.41. The average Bonchev–Trinajstić information content (AvgIpc) is 2.85. The predicted molar refractivity (Wildman–Crippen MR) is 89.6 cm³/mol. The van der Waals surface area contributed by atoms with E-state index in [-0.39, 0.29) is 5.82 Å². The third-order valence-electron chi connectivity index (χ3n) is 3.92. The molecule has 4 atom stereocenters. The zero-order valence-corrected chi connectivity index (χ0v) is 14.0. The van der Waals surface area contributed by atoms with E-state index in [0.29, 0.717) is 5.56 Å². The minimum atomic E-state index is -2.83. The second-order valence-electron chi connectivity index (χ2n) is 5.65. The summed E-state index contributed by atoms with van der Waals surface area (Å²) in [5.74, 6) is -0.517. The lowest BCUT2D eigenvalue weighted by molar-refractivity contribution is -0.0517. The molecule has 10 heteroatoms. The third kappa shape index (κ3) is 3.34. The monoisotopic (exact) mass is 383 g/mol. The largest absolute Gasteiger partial charge is 0.394 e. The number of carbonyl (C=O) groups excluding carboxylic acids is 1. The summed E-state index contributed by atoms with van der Waals surface area (Å²) in [7, 11) is 0. The number of halogens is 2. The number of hydrogen-bond acceptors (Lipinski definition) is 6. The molecular weight excluding hydrogens is 369 g/mol. The Balaban J connectivity index is 1.82. The number of hydrogen-bond donors (Lipinski definition) is 3. The van der Waals surface area contributed by atoms with E-state index >= 15 is 0 Å². The number of rotatable bonds is 4. The average molecular weight is 384 g/mol. The van der Waals surface area contributed by atoms with Crippen molar-refractivity contribution in [2.45, 2.75) is 23.6 Å². The Kier molecular flexibility index (Phi) is 5.05. The van der Waals surface area contributed by atoms with Crippen LogP contribution in [-0.4, -0.2) is 49.6 Å². The van der Waals surface area contributed by atoms with Crippen LogP contribution in [0, 0.1) is 0 Å². The first-order valence-electron chi connectivity index (χ1n) is 7.62. The van der Waals surface area contributed by atoms with Gasteiger partial charge in [0.25, 0.3) is 11.0 Å². The molecule has 8 nitrogen and oxygen atoms in total. The number of aliphatic hydroxyl groups excluding tert-OH is 2. The first kappa shape index (κ1) is 18.5. The van der Waals surface area contributed by atoms with Crippen LogP contribution in [0.1, 0.15) is 16.6 Å². The van der Waals surface area contributed by atoms with Crippen LogP contribution in [0.15, 0.2) is 47.4 Å². The van der Waals surface area contributed by atoms with Crippen molar-refractivity contribution >= 4 is 23.3 Å². The van der Waals surface area contributed by atoms with Gasteiger partial charge in [0, 0.05) is 11.8 Å². The van der Waals surface area contributed by atoms with E-state index in [4.69, 9.17) is 21.4 Å². The minimum absolute atomic E-state index is 0.0450. The summed E-state index contributed by atoms with van der Waals surface area (Å²) in [5, 5.41) is 18.5. The number of aliphatic hydroxyl groups is 2. The highest BCUT2D eigenvalue weighted by Crippen LogP contribution is 2.43. The van der Waals surface area contributed by atoms with Crippen LogP contribution in [0.3, 0.4) is 0 Å². The van der Waals surface area contributed by atoms with Gasteiger partial charge in [-0.3, -0.25) is 9.36 Å². The molecule has 138 valence electrons. The highest BCUT2D eigenvalue weighted by Gasteiger charge is 2.57. The molecule has 0 spiro atoms. The smallest absolute Gasteiger partial charge is 0.351 e. The van der Waals surface area contributed by atoms with Crippen LogP contribution in [0.4, 0.5) is 10.2 Å². The van der Waals surface area contributed by atoms with Gasteiger partial charge in [-0.1, -0.05) is 29.8 Å². The van der Waals surface area contributed by atoms with Gasteiger partial charge in [-0.25, -0.2) is 9.18 Å². The van der Waals surface area contributed by atoms with Crippen molar-refractivity contribution in [3.63, 3.8) is 0 Å². The Morgan fingerprint density at radius 3 is 2.65 bits per heavy atom. The quantitative estimate of drug-likeness (QED) is 0.668. The van der Waals surface area contributed by atoms with Crippen molar-refractivity contribution in [3.05, 3.63) is 58.6 Å². The van der Waals surface area contributed by atoms with Crippen molar-refractivity contribution in [2.24, 2.45) is 0 Å². The molecule has 1 amide bonds. The van der Waals surface area contributed by atoms with Crippen molar-refractivity contribution in [1.82, 2.24) is 9.55 Å². The number of benzene rings is 1. The molecule has 2 aromatic rings. The number of ether oxygens (including phenoxy) is 1. The van der Waals surface area contributed by atoms with E-state index in [0.717, 1.165) is 10.8 Å². The van der Waals surface area contributed by atoms with E-state index in [9.17, 15) is 19.1 Å². The first-order valence-corrected chi connectivity index (χ1v) is 8.00. The van der Waals surface area contributed by atoms with Crippen LogP contribution in [0.25, 0.3) is 0 Å². The van der Waals surface area contributed by atoms with Crippen LogP contribution in [0.5, 0.6) is 0 Å². The molecule has 0 saturated carbocycles. The second-order valence-corrected chi connectivity index (χ2v) is 6.23. The molecule has 3 N–H and O–H groups in total. The van der Waals surface area contributed by atoms with Gasteiger partial charge in [0.2, 0.25) is 0 Å². The maximum absolute atomic E-state index is 14.5. The Morgan fingerprint density at radius 2 is 2.08 bits per heavy atom. The number of nitrogens with zero attached hydrogens (tertiary/aromatic N) is 2. The van der Waals surface area contributed by atoms with Crippen molar-refractivity contribution in [3.8, 4) is 0 Å². The van der Waals surface area contributed by atoms with Crippen molar-refractivity contribution in [2.75, 3.05) is 11.9 Å². The summed E-state index contributed by atoms with van der Waals surface area (Å²) < 4.78 is 20.4. The summed E-state index contributed by atoms with van der Waals surface area (Å²) in [6.45, 7) is -0.677. The number of aromatic nitrogens is 2. The molecule has 0 unspecified atom stereocenters. The third-order valence-corrected chi connectivity index (χ3v) is 4.33. The van der Waals surface area contributed by atoms with Gasteiger partial charge in [0.15, 0.2) is 6.23 Å². The summed E-state index contributed by atoms with van der Waals surface area (Å²) in [5.41, 5.74) is -0.579. The molecule has 2 heterocycles. The highest BCUT2D eigenvalue weighted by atomic mass is 35.5. The molecule has 0 bridgehead atoms. The fourth-order valence-corrected chi connectivity index (χ4v) is 2.85. The SMILES string of the molecule is O=C(Nc1ccn([C@@H]2O[C@H](CO)[C@@H](O)[C@@]2(F)Cl)c(=O)n1)c1ccccc1. The van der Waals surface area contributed by atoms with E-state index < -0.39 is 41.8 Å². The minimum Gasteiger partial charge on any atom is -0.394 e. The zero-order chi connectivity index (χ0) is 18.9. The van der Waals surface area contributed by atoms with Crippen LogP contribution >= 0.6 is 11.6 Å². The van der Waals surface area contributed by atoms with Gasteiger partial charge in [0.05, 0.1) is 6.61 Å². The predicted octanol–water partition coefficient (Wildman–Crippen LogP) is 0.651. The van der Waals surface area contributed by atoms with Crippen LogP contribution in [-0.2, 0) is 4.74 Å². The molecule has 1 aromatic heterocycles. The Bertz CT molecular complexity index is 860. The number of amides is 1. The van der Waals surface area contributed by atoms with Gasteiger partial charge in [-0.05, 0) is 18.2 Å². The molecule has 1 aliphatic heterocycles. The second kappa shape index (κ2) is 7.12. The maximum Gasteiger partial charge on any atom is 0.351 e. The van der Waals surface area contributed by atoms with E-state index in [2.05, 4.69) is 10.3 Å². The number of nitrogens with one attached hydrogen (secondary N) is 1. The molecule has 1 saturated heterocycles. The summed E-state index contributed by atoms with van der Waals surface area (Å²) in [6, 6.07) is 9.55. The number of alkyl halides is 2. The summed E-state index contributed by atoms with van der Waals surface area (Å²) >= 11 is 5.66. The van der Waals surface area contributed by atoms with Gasteiger partial charge < -0.3 is 20.3 Å². The molecule has 3 rings (SSSR count). The molecular formula is C16H15ClFN3O5. The normalized spacial score (nSPS) is 28.1. The summed E-state index contributed by atoms with van der Waals surface area (Å²) in [4.78, 5) is 27.9. The molecule has 1 aliphatic rings. The topological polar surface area (TPSA) is 114 Å². The molecule has 1 fully saturated rings. The van der Waals surface area contributed by atoms with Crippen molar-refractivity contribution < 1.29 is 24.1 Å². The fraction of sp³-hybridized carbons (Fsp3) is 0.312. The lowest BCUT2D eigenvalue weighted by Gasteiger charge is -2.22. The Morgan fingerprint density at radius 1 is 1.38 bits per heavy atom. The van der Waals surface area contributed by atoms with Crippen molar-refractivity contribution in [1.29, 1.82) is 0 Å². The molecule has 26 heavy (non-hydrogen) atoms. The van der Waals surface area contributed by atoms with Gasteiger partial charge in [0.1, 0.15) is 18.0 Å². The molecule has 0 aliphatic carbocycles. The van der Waals surface area contributed by atoms with E-state index in [1.165, 1.54) is 6.07 Å². The highest BCUT2D eigenvalue weighted by molar-refractivity contribution is 6.23. The van der Waals surface area contributed by atoms with E-state index in [1.807, 2.05) is 0 Å². The van der Waals surface area contributed by atoms with Crippen LogP contribution in [0.2, 0.25) is 0 Å². The fourth-order valence-electron chi connectivity index (χ4n) is 2.56. The lowest BCUT2D eigenvalue weighted by atomic mass is 10.1. The van der Waals surface area contributed by atoms with Gasteiger partial charge >= 0.3 is 5.69 Å². The molecule has 0 radical (unpaired) electrons. The van der Waals surface area contributed by atoms with Gasteiger partial charge in [-0.2, -0.15) is 4.98 Å². The first-order chi connectivity index (χ1) is 12.3. The Hall–Kier alpha value is -2.33. The molecule has 1 aromatic carbocycles.